The van der Waals surface area contributed by atoms with Gasteiger partial charge >= 0.3 is 0 Å². The summed E-state index contributed by atoms with van der Waals surface area (Å²) < 4.78 is 1.67. The Morgan fingerprint density at radius 1 is 1.05 bits per heavy atom. The van der Waals surface area contributed by atoms with E-state index in [0.717, 1.165) is 8.95 Å². The summed E-state index contributed by atoms with van der Waals surface area (Å²) in [7, 11) is 0. The molecule has 2 aromatic carbocycles. The van der Waals surface area contributed by atoms with E-state index in [1.165, 1.54) is 0 Å². The Balaban J connectivity index is 2.03. The summed E-state index contributed by atoms with van der Waals surface area (Å²) >= 11 is 6.78. The molecule has 0 saturated carbocycles. The molecule has 0 fully saturated rings. The molecule has 5 heteroatoms. The molecule has 1 heterocycles. The molecular weight excluding hydrogens is 398 g/mol. The van der Waals surface area contributed by atoms with Gasteiger partial charge in [0.25, 0.3) is 5.91 Å². The van der Waals surface area contributed by atoms with Crippen LogP contribution in [0.15, 0.2) is 51.4 Å². The molecule has 0 aliphatic carbocycles. The lowest BCUT2D eigenvalue weighted by molar-refractivity contribution is 0.0955. The molecule has 1 amide bonds. The first-order valence-electron chi connectivity index (χ1n) is 6.46. The van der Waals surface area contributed by atoms with Gasteiger partial charge in [0.05, 0.1) is 5.69 Å². The highest BCUT2D eigenvalue weighted by Crippen LogP contribution is 2.29. The molecule has 3 nitrogen and oxygen atoms in total. The molecule has 0 spiro atoms. The second-order valence-electron chi connectivity index (χ2n) is 4.81. The van der Waals surface area contributed by atoms with Gasteiger partial charge in [0.1, 0.15) is 0 Å². The summed E-state index contributed by atoms with van der Waals surface area (Å²) in [5, 5.41) is 0. The second-order valence-corrected chi connectivity index (χ2v) is 6.64. The average Bonchev–Trinajstić information content (AvgIpc) is 2.46. The first kappa shape index (κ1) is 14.5. The van der Waals surface area contributed by atoms with E-state index in [4.69, 9.17) is 0 Å². The summed E-state index contributed by atoms with van der Waals surface area (Å²) in [6.07, 6.45) is 0.359. The summed E-state index contributed by atoms with van der Waals surface area (Å²) in [5.41, 5.74) is 1.89. The Labute approximate surface area is 139 Å². The Morgan fingerprint density at radius 2 is 1.71 bits per heavy atom. The van der Waals surface area contributed by atoms with Gasteiger partial charge in [-0.3, -0.25) is 9.59 Å². The number of carbonyl (C=O) groups is 2. The number of Topliss-reactive ketones (excluding diaryl/α,β-unsaturated/α-hetero) is 1. The van der Waals surface area contributed by atoms with Crippen LogP contribution < -0.4 is 4.90 Å². The summed E-state index contributed by atoms with van der Waals surface area (Å²) in [6, 6.07) is 12.7. The van der Waals surface area contributed by atoms with E-state index >= 15 is 0 Å². The fourth-order valence-electron chi connectivity index (χ4n) is 2.46. The summed E-state index contributed by atoms with van der Waals surface area (Å²) in [6.45, 7) is 0.415. The summed E-state index contributed by atoms with van der Waals surface area (Å²) in [5.74, 6) is -0.0120. The molecular formula is C16H11Br2NO2. The van der Waals surface area contributed by atoms with Gasteiger partial charge in [-0.2, -0.15) is 0 Å². The van der Waals surface area contributed by atoms with Crippen LogP contribution in [0.1, 0.15) is 27.1 Å². The first-order chi connectivity index (χ1) is 10.1. The number of rotatable bonds is 1. The maximum atomic E-state index is 12.7. The third-order valence-corrected chi connectivity index (χ3v) is 4.33. The van der Waals surface area contributed by atoms with Crippen molar-refractivity contribution in [2.45, 2.75) is 6.42 Å². The van der Waals surface area contributed by atoms with Crippen molar-refractivity contribution in [2.24, 2.45) is 0 Å². The van der Waals surface area contributed by atoms with Gasteiger partial charge in [-0.15, -0.1) is 0 Å². The lowest BCUT2D eigenvalue weighted by atomic mass is 9.99. The van der Waals surface area contributed by atoms with Gasteiger partial charge in [0.2, 0.25) is 0 Å². The van der Waals surface area contributed by atoms with Crippen molar-refractivity contribution in [1.29, 1.82) is 0 Å². The minimum Gasteiger partial charge on any atom is -0.307 e. The van der Waals surface area contributed by atoms with Crippen LogP contribution in [-0.4, -0.2) is 18.2 Å². The standard InChI is InChI=1S/C16H11Br2NO2/c17-11-7-10(8-12(18)9-11)16(21)19-6-5-15(20)13-3-1-2-4-14(13)19/h1-4,7-9H,5-6H2. The molecule has 106 valence electrons. The van der Waals surface area contributed by atoms with Gasteiger partial charge in [0.15, 0.2) is 5.78 Å². The fourth-order valence-corrected chi connectivity index (χ4v) is 3.75. The van der Waals surface area contributed by atoms with Crippen molar-refractivity contribution < 1.29 is 9.59 Å². The molecule has 21 heavy (non-hydrogen) atoms. The van der Waals surface area contributed by atoms with E-state index < -0.39 is 0 Å². The van der Waals surface area contributed by atoms with Crippen LogP contribution in [0.25, 0.3) is 0 Å². The molecule has 0 saturated heterocycles. The monoisotopic (exact) mass is 407 g/mol. The third-order valence-electron chi connectivity index (χ3n) is 3.41. The van der Waals surface area contributed by atoms with Crippen molar-refractivity contribution in [3.8, 4) is 0 Å². The number of hydrogen-bond acceptors (Lipinski definition) is 2. The topological polar surface area (TPSA) is 37.4 Å². The smallest absolute Gasteiger partial charge is 0.258 e. The Bertz CT molecular complexity index is 723. The van der Waals surface area contributed by atoms with Gasteiger partial charge in [0, 0.05) is 33.0 Å². The molecule has 0 radical (unpaired) electrons. The molecule has 0 unspecified atom stereocenters. The Hall–Kier alpha value is -1.46. The van der Waals surface area contributed by atoms with Crippen molar-refractivity contribution in [3.63, 3.8) is 0 Å². The number of fused-ring (bicyclic) bond motifs is 1. The quantitative estimate of drug-likeness (QED) is 0.699. The van der Waals surface area contributed by atoms with Crippen LogP contribution in [0.3, 0.4) is 0 Å². The number of carbonyl (C=O) groups excluding carboxylic acids is 2. The zero-order chi connectivity index (χ0) is 15.0. The molecule has 1 aliphatic rings. The van der Waals surface area contributed by atoms with Crippen LogP contribution in [0.2, 0.25) is 0 Å². The maximum Gasteiger partial charge on any atom is 0.258 e. The van der Waals surface area contributed by atoms with Crippen molar-refractivity contribution >= 4 is 49.2 Å². The van der Waals surface area contributed by atoms with E-state index in [2.05, 4.69) is 31.9 Å². The van der Waals surface area contributed by atoms with Gasteiger partial charge in [-0.25, -0.2) is 0 Å². The maximum absolute atomic E-state index is 12.7. The Morgan fingerprint density at radius 3 is 2.43 bits per heavy atom. The number of anilines is 1. The van der Waals surface area contributed by atoms with Crippen LogP contribution in [0.4, 0.5) is 5.69 Å². The Kier molecular flexibility index (Phi) is 3.95. The number of halogens is 2. The zero-order valence-electron chi connectivity index (χ0n) is 11.0. The first-order valence-corrected chi connectivity index (χ1v) is 8.05. The molecule has 0 atom stereocenters. The fraction of sp³-hybridized carbons (Fsp3) is 0.125. The van der Waals surface area contributed by atoms with Gasteiger partial charge in [-0.05, 0) is 30.3 Å². The van der Waals surface area contributed by atoms with Gasteiger partial charge < -0.3 is 4.90 Å². The third kappa shape index (κ3) is 2.80. The summed E-state index contributed by atoms with van der Waals surface area (Å²) in [4.78, 5) is 26.4. The molecule has 1 aliphatic heterocycles. The number of amides is 1. The van der Waals surface area contributed by atoms with Crippen LogP contribution >= 0.6 is 31.9 Å². The number of ketones is 1. The highest BCUT2D eigenvalue weighted by atomic mass is 79.9. The average molecular weight is 409 g/mol. The molecule has 2 aromatic rings. The lowest BCUT2D eigenvalue weighted by Gasteiger charge is -2.28. The largest absolute Gasteiger partial charge is 0.307 e. The second kappa shape index (κ2) is 5.73. The number of nitrogens with zero attached hydrogens (tertiary/aromatic N) is 1. The SMILES string of the molecule is O=C1CCN(C(=O)c2cc(Br)cc(Br)c2)c2ccccc21. The highest BCUT2D eigenvalue weighted by Gasteiger charge is 2.27. The highest BCUT2D eigenvalue weighted by molar-refractivity contribution is 9.11. The lowest BCUT2D eigenvalue weighted by Crippen LogP contribution is -2.37. The van der Waals surface area contributed by atoms with Crippen molar-refractivity contribution in [3.05, 3.63) is 62.5 Å². The van der Waals surface area contributed by atoms with Crippen molar-refractivity contribution in [2.75, 3.05) is 11.4 Å². The van der Waals surface area contributed by atoms with Gasteiger partial charge in [-0.1, -0.05) is 44.0 Å². The predicted octanol–water partition coefficient (Wildman–Crippen LogP) is 4.44. The van der Waals surface area contributed by atoms with E-state index in [-0.39, 0.29) is 11.7 Å². The molecule has 0 N–H and O–H groups in total. The van der Waals surface area contributed by atoms with E-state index in [1.54, 1.807) is 23.1 Å². The number of benzene rings is 2. The van der Waals surface area contributed by atoms with Crippen molar-refractivity contribution in [1.82, 2.24) is 0 Å². The van der Waals surface area contributed by atoms with Crippen LogP contribution in [0, 0.1) is 0 Å². The minimum atomic E-state index is -0.100. The molecule has 0 aromatic heterocycles. The number of para-hydroxylation sites is 1. The zero-order valence-corrected chi connectivity index (χ0v) is 14.1. The predicted molar refractivity (Wildman–Crippen MR) is 88.9 cm³/mol. The van der Waals surface area contributed by atoms with Crippen LogP contribution in [0.5, 0.6) is 0 Å². The van der Waals surface area contributed by atoms with E-state index in [9.17, 15) is 9.59 Å². The van der Waals surface area contributed by atoms with E-state index in [1.807, 2.05) is 24.3 Å². The van der Waals surface area contributed by atoms with Crippen LogP contribution in [-0.2, 0) is 0 Å². The molecule has 0 bridgehead atoms. The molecule has 3 rings (SSSR count). The van der Waals surface area contributed by atoms with E-state index in [0.29, 0.717) is 29.8 Å². The normalized spacial score (nSPS) is 14.0. The minimum absolute atomic E-state index is 0.0880. The number of hydrogen-bond donors (Lipinski definition) is 0.